The van der Waals surface area contributed by atoms with Gasteiger partial charge in [0.2, 0.25) is 0 Å². The summed E-state index contributed by atoms with van der Waals surface area (Å²) < 4.78 is 176. The molecule has 0 atom stereocenters. The number of para-hydroxylation sites is 1. The smallest absolute Gasteiger partial charge is 0.416 e. The van der Waals surface area contributed by atoms with Crippen LogP contribution in [0.2, 0.25) is 0 Å². The molecule has 74 heavy (non-hydrogen) atoms. The number of hydrogen-bond acceptors (Lipinski definition) is 3. The van der Waals surface area contributed by atoms with Crippen molar-refractivity contribution in [2.75, 3.05) is 0 Å². The molecule has 0 saturated carbocycles. The Labute approximate surface area is 412 Å². The minimum atomic E-state index is -4.79. The highest BCUT2D eigenvalue weighted by Gasteiger charge is 2.35. The monoisotopic (exact) mass is 1020 g/mol. The van der Waals surface area contributed by atoms with Crippen LogP contribution in [0.15, 0.2) is 154 Å². The van der Waals surface area contributed by atoms with Gasteiger partial charge in [-0.3, -0.25) is 9.59 Å². The lowest BCUT2D eigenvalue weighted by Crippen LogP contribution is -2.34. The van der Waals surface area contributed by atoms with Crippen molar-refractivity contribution in [1.29, 1.82) is 0 Å². The van der Waals surface area contributed by atoms with E-state index in [2.05, 4.69) is 0 Å². The maximum atomic E-state index is 15.5. The van der Waals surface area contributed by atoms with Crippen molar-refractivity contribution in [3.8, 4) is 50.2 Å². The van der Waals surface area contributed by atoms with Crippen LogP contribution in [0.5, 0.6) is 0 Å². The highest BCUT2D eigenvalue weighted by Crippen LogP contribution is 2.50. The van der Waals surface area contributed by atoms with Crippen LogP contribution >= 0.6 is 0 Å². The lowest BCUT2D eigenvalue weighted by atomic mass is 9.85. The van der Waals surface area contributed by atoms with Crippen LogP contribution in [0.4, 0.5) is 52.7 Å². The third kappa shape index (κ3) is 8.43. The number of fused-ring (bicyclic) bond motifs is 2. The van der Waals surface area contributed by atoms with Crippen molar-refractivity contribution >= 4 is 43.5 Å². The van der Waals surface area contributed by atoms with E-state index in [9.17, 15) is 52.7 Å². The van der Waals surface area contributed by atoms with Gasteiger partial charge in [0.25, 0.3) is 11.1 Å². The van der Waals surface area contributed by atoms with Crippen LogP contribution in [-0.2, 0) is 24.7 Å². The Balaban J connectivity index is 1.46. The van der Waals surface area contributed by atoms with Gasteiger partial charge in [0, 0.05) is 43.4 Å². The van der Waals surface area contributed by atoms with E-state index in [1.807, 2.05) is 27.7 Å². The van der Waals surface area contributed by atoms with Crippen LogP contribution in [0, 0.1) is 0 Å². The first-order valence-corrected chi connectivity index (χ1v) is 23.0. The minimum Gasteiger partial charge on any atom is -0.455 e. The number of nitrogens with zero attached hydrogens (tertiary/aromatic N) is 1. The summed E-state index contributed by atoms with van der Waals surface area (Å²) in [6.45, 7) is 7.50. The fraction of sp³-hybridized carbons (Fsp3) is 0.172. The zero-order chi connectivity index (χ0) is 53.1. The van der Waals surface area contributed by atoms with E-state index in [4.69, 9.17) is 4.42 Å². The second-order valence-electron chi connectivity index (χ2n) is 18.7. The summed E-state index contributed by atoms with van der Waals surface area (Å²) >= 11 is 0. The van der Waals surface area contributed by atoms with Crippen molar-refractivity contribution in [3.05, 3.63) is 194 Å². The van der Waals surface area contributed by atoms with Crippen molar-refractivity contribution in [1.82, 2.24) is 4.57 Å². The molecular weight excluding hydrogens is 987 g/mol. The topological polar surface area (TPSA) is 52.2 Å². The molecule has 0 fully saturated rings. The number of benzene rings is 8. The summed E-state index contributed by atoms with van der Waals surface area (Å²) in [4.78, 5) is 31.0. The van der Waals surface area contributed by atoms with Crippen LogP contribution in [0.25, 0.3) is 93.7 Å². The third-order valence-corrected chi connectivity index (χ3v) is 13.5. The Morgan fingerprint density at radius 2 is 0.743 bits per heavy atom. The predicted molar refractivity (Wildman–Crippen MR) is 262 cm³/mol. The number of hydrogen-bond donors (Lipinski definition) is 0. The van der Waals surface area contributed by atoms with E-state index in [1.165, 1.54) is 48.5 Å². The number of aromatic nitrogens is 1. The fourth-order valence-corrected chi connectivity index (χ4v) is 9.85. The summed E-state index contributed by atoms with van der Waals surface area (Å²) in [5.41, 5.74) is -3.48. The van der Waals surface area contributed by atoms with E-state index in [1.54, 1.807) is 18.2 Å². The number of pyridine rings is 1. The van der Waals surface area contributed by atoms with Gasteiger partial charge >= 0.3 is 24.7 Å². The zero-order valence-electron chi connectivity index (χ0n) is 39.1. The molecule has 16 heteroatoms. The normalized spacial score (nSPS) is 12.9. The molecule has 0 spiro atoms. The summed E-state index contributed by atoms with van der Waals surface area (Å²) in [5, 5.41) is 0.0592. The molecular formula is C58H37F12NO3. The molecule has 376 valence electrons. The van der Waals surface area contributed by atoms with E-state index < -0.39 is 58.1 Å². The molecule has 0 unspecified atom stereocenters. The molecule has 4 nitrogen and oxygen atoms in total. The second kappa shape index (κ2) is 17.4. The first-order valence-electron chi connectivity index (χ1n) is 23.0. The Morgan fingerprint density at radius 3 is 1.14 bits per heavy atom. The van der Waals surface area contributed by atoms with Gasteiger partial charge in [-0.2, -0.15) is 52.7 Å². The third-order valence-electron chi connectivity index (χ3n) is 13.5. The van der Waals surface area contributed by atoms with Gasteiger partial charge in [0.05, 0.1) is 27.9 Å². The summed E-state index contributed by atoms with van der Waals surface area (Å²) in [7, 11) is 0. The zero-order valence-corrected chi connectivity index (χ0v) is 39.1. The summed E-state index contributed by atoms with van der Waals surface area (Å²) in [6.07, 6.45) is -19.1. The van der Waals surface area contributed by atoms with Crippen molar-refractivity contribution < 1.29 is 57.1 Å². The molecule has 0 aliphatic heterocycles. The maximum absolute atomic E-state index is 15.5. The second-order valence-corrected chi connectivity index (χ2v) is 18.7. The van der Waals surface area contributed by atoms with Crippen molar-refractivity contribution in [2.45, 2.75) is 64.2 Å². The van der Waals surface area contributed by atoms with E-state index in [0.29, 0.717) is 16.8 Å². The first kappa shape index (κ1) is 49.7. The van der Waals surface area contributed by atoms with E-state index in [-0.39, 0.29) is 99.8 Å². The molecule has 10 aromatic rings. The average molecular weight is 1020 g/mol. The van der Waals surface area contributed by atoms with Gasteiger partial charge in [-0.25, -0.2) is 4.57 Å². The Kier molecular flexibility index (Phi) is 11.7. The molecule has 0 N–H and O–H groups in total. The SMILES string of the molecule is CC(C)c1cccc(C(C)C)c1-n1c(=O)c2cc(-c3ccc(C(F)(F)F)cc3)c3oc4c(-c5ccc(C(F)(F)F)cc5)cc(-c5ccc(C(F)(F)F)cc5)cc4c4c(-c5ccc(C(F)(F)F)cc5)cc(c1=O)c2c34. The van der Waals surface area contributed by atoms with Crippen LogP contribution < -0.4 is 11.1 Å². The minimum absolute atomic E-state index is 0.0161. The van der Waals surface area contributed by atoms with Gasteiger partial charge in [0.1, 0.15) is 11.2 Å². The number of halogens is 12. The highest BCUT2D eigenvalue weighted by molar-refractivity contribution is 6.33. The fourth-order valence-electron chi connectivity index (χ4n) is 9.85. The average Bonchev–Trinajstić information content (AvgIpc) is 3.34. The maximum Gasteiger partial charge on any atom is 0.416 e. The van der Waals surface area contributed by atoms with Gasteiger partial charge in [0.15, 0.2) is 0 Å². The molecule has 2 heterocycles. The van der Waals surface area contributed by atoms with Gasteiger partial charge in [-0.1, -0.05) is 94.4 Å². The molecule has 0 saturated heterocycles. The predicted octanol–water partition coefficient (Wildman–Crippen LogP) is 17.8. The molecule has 0 radical (unpaired) electrons. The quantitative estimate of drug-likeness (QED) is 0.0908. The lowest BCUT2D eigenvalue weighted by molar-refractivity contribution is -0.138. The Morgan fingerprint density at radius 1 is 0.378 bits per heavy atom. The molecule has 0 aliphatic carbocycles. The number of rotatable bonds is 7. The molecule has 2 aromatic heterocycles. The summed E-state index contributed by atoms with van der Waals surface area (Å²) in [5.74, 6) is -0.483. The molecule has 0 amide bonds. The van der Waals surface area contributed by atoms with Gasteiger partial charge < -0.3 is 4.42 Å². The van der Waals surface area contributed by atoms with Crippen molar-refractivity contribution in [2.24, 2.45) is 0 Å². The largest absolute Gasteiger partial charge is 0.455 e. The Bertz CT molecular complexity index is 3900. The molecule has 0 aliphatic rings. The molecule has 10 rings (SSSR count). The molecule has 8 aromatic carbocycles. The van der Waals surface area contributed by atoms with Crippen molar-refractivity contribution in [3.63, 3.8) is 0 Å². The Hall–Kier alpha value is -7.88. The lowest BCUT2D eigenvalue weighted by Gasteiger charge is -2.23. The standard InChI is InChI=1S/C58H37F12NO3/c1-28(2)39-6-5-7-40(29(3)4)50(39)71-53(72)45-26-41(31-10-18-36(19-11-31)56(62,63)64)47-44-25-34(30-8-16-35(17-9-30)55(59,60)61)24-42(32-12-20-37(21-13-32)57(65,66)67)51(44)74-52-43(27-46(54(71)73)48(45)49(47)52)33-14-22-38(23-15-33)58(68,69)70/h5-29H,1-4H3. The van der Waals surface area contributed by atoms with Crippen LogP contribution in [0.3, 0.4) is 0 Å². The van der Waals surface area contributed by atoms with Crippen LogP contribution in [-0.4, -0.2) is 4.57 Å². The summed E-state index contributed by atoms with van der Waals surface area (Å²) in [6, 6.07) is 27.0. The highest BCUT2D eigenvalue weighted by atomic mass is 19.4. The number of alkyl halides is 12. The van der Waals surface area contributed by atoms with Gasteiger partial charge in [-0.15, -0.1) is 0 Å². The first-order chi connectivity index (χ1) is 34.7. The van der Waals surface area contributed by atoms with Gasteiger partial charge in [-0.05, 0) is 129 Å². The van der Waals surface area contributed by atoms with Crippen LogP contribution in [0.1, 0.15) is 72.9 Å². The van der Waals surface area contributed by atoms with E-state index in [0.717, 1.165) is 77.4 Å². The molecule has 0 bridgehead atoms. The van der Waals surface area contributed by atoms with E-state index >= 15 is 9.59 Å².